The first kappa shape index (κ1) is 17.5. The maximum atomic E-state index is 12.6. The monoisotopic (exact) mass is 370 g/mol. The van der Waals surface area contributed by atoms with Gasteiger partial charge in [0.15, 0.2) is 12.4 Å². The summed E-state index contributed by atoms with van der Waals surface area (Å²) in [6.45, 7) is 0.127. The normalized spacial score (nSPS) is 10.4. The molecule has 1 aromatic heterocycles. The van der Waals surface area contributed by atoms with Gasteiger partial charge in [-0.15, -0.1) is 0 Å². The van der Waals surface area contributed by atoms with Crippen molar-refractivity contribution in [1.29, 1.82) is 0 Å². The van der Waals surface area contributed by atoms with Crippen molar-refractivity contribution in [3.63, 3.8) is 0 Å². The van der Waals surface area contributed by atoms with E-state index in [1.165, 1.54) is 0 Å². The van der Waals surface area contributed by atoms with Gasteiger partial charge in [0.25, 0.3) is 5.91 Å². The molecule has 1 heterocycles. The maximum Gasteiger partial charge on any atom is 0.259 e. The fourth-order valence-electron chi connectivity index (χ4n) is 2.75. The van der Waals surface area contributed by atoms with E-state index in [9.17, 15) is 4.79 Å². The van der Waals surface area contributed by atoms with Crippen LogP contribution >= 0.6 is 0 Å². The number of para-hydroxylation sites is 2. The summed E-state index contributed by atoms with van der Waals surface area (Å²) in [5.41, 5.74) is 2.12. The molecule has 5 heteroatoms. The van der Waals surface area contributed by atoms with Gasteiger partial charge in [-0.25, -0.2) is 4.98 Å². The van der Waals surface area contributed by atoms with Crippen LogP contribution < -0.4 is 10.1 Å². The third kappa shape index (κ3) is 4.10. The number of ether oxygens (including phenoxy) is 1. The maximum absolute atomic E-state index is 12.6. The van der Waals surface area contributed by atoms with Gasteiger partial charge in [0, 0.05) is 11.3 Å². The number of amides is 1. The van der Waals surface area contributed by atoms with Crippen molar-refractivity contribution in [2.45, 2.75) is 6.61 Å². The largest absolute Gasteiger partial charge is 0.483 e. The predicted molar refractivity (Wildman–Crippen MR) is 107 cm³/mol. The molecule has 3 aromatic carbocycles. The lowest BCUT2D eigenvalue weighted by atomic mass is 10.2. The van der Waals surface area contributed by atoms with Crippen LogP contribution in [-0.4, -0.2) is 10.9 Å². The van der Waals surface area contributed by atoms with Crippen molar-refractivity contribution in [2.24, 2.45) is 0 Å². The third-order valence-electron chi connectivity index (χ3n) is 4.13. The molecule has 1 amide bonds. The van der Waals surface area contributed by atoms with E-state index in [-0.39, 0.29) is 12.5 Å². The molecule has 0 aliphatic carbocycles. The highest BCUT2D eigenvalue weighted by atomic mass is 16.5. The van der Waals surface area contributed by atoms with Crippen LogP contribution in [0.15, 0.2) is 95.5 Å². The molecule has 4 rings (SSSR count). The van der Waals surface area contributed by atoms with Crippen LogP contribution in [0.2, 0.25) is 0 Å². The number of hydrogen-bond acceptors (Lipinski definition) is 4. The van der Waals surface area contributed by atoms with E-state index in [0.29, 0.717) is 23.0 Å². The number of rotatable bonds is 6. The highest BCUT2D eigenvalue weighted by molar-refractivity contribution is 6.06. The van der Waals surface area contributed by atoms with Gasteiger partial charge in [0.2, 0.25) is 5.89 Å². The SMILES string of the molecule is O=C(Nc1ccccc1)c1ccccc1OCc1ncc(-c2ccccc2)o1. The second-order valence-corrected chi connectivity index (χ2v) is 6.09. The highest BCUT2D eigenvalue weighted by Gasteiger charge is 2.14. The first-order valence-corrected chi connectivity index (χ1v) is 8.88. The molecule has 0 unspecified atom stereocenters. The van der Waals surface area contributed by atoms with Crippen LogP contribution in [0.25, 0.3) is 11.3 Å². The molecule has 0 fully saturated rings. The van der Waals surface area contributed by atoms with E-state index in [2.05, 4.69) is 10.3 Å². The Morgan fingerprint density at radius 2 is 1.57 bits per heavy atom. The Morgan fingerprint density at radius 1 is 0.893 bits per heavy atom. The first-order chi connectivity index (χ1) is 13.8. The average Bonchev–Trinajstić information content (AvgIpc) is 3.23. The van der Waals surface area contributed by atoms with E-state index in [1.54, 1.807) is 24.4 Å². The molecule has 0 atom stereocenters. The number of anilines is 1. The molecule has 0 saturated heterocycles. The van der Waals surface area contributed by atoms with Crippen molar-refractivity contribution in [3.05, 3.63) is 103 Å². The molecule has 0 bridgehead atoms. The molecular formula is C23H18N2O3. The summed E-state index contributed by atoms with van der Waals surface area (Å²) in [4.78, 5) is 16.9. The van der Waals surface area contributed by atoms with E-state index in [4.69, 9.17) is 9.15 Å². The minimum absolute atomic E-state index is 0.127. The zero-order valence-electron chi connectivity index (χ0n) is 15.0. The molecule has 0 aliphatic heterocycles. The molecule has 0 aliphatic rings. The summed E-state index contributed by atoms with van der Waals surface area (Å²) in [7, 11) is 0. The van der Waals surface area contributed by atoms with Crippen LogP contribution in [0, 0.1) is 0 Å². The molecule has 28 heavy (non-hydrogen) atoms. The smallest absolute Gasteiger partial charge is 0.259 e. The van der Waals surface area contributed by atoms with Gasteiger partial charge in [0.1, 0.15) is 5.75 Å². The fourth-order valence-corrected chi connectivity index (χ4v) is 2.75. The second-order valence-electron chi connectivity index (χ2n) is 6.09. The van der Waals surface area contributed by atoms with E-state index in [0.717, 1.165) is 11.3 Å². The Labute approximate surface area is 162 Å². The second kappa shape index (κ2) is 8.22. The van der Waals surface area contributed by atoms with E-state index < -0.39 is 0 Å². The van der Waals surface area contributed by atoms with Crippen LogP contribution in [-0.2, 0) is 6.61 Å². The van der Waals surface area contributed by atoms with E-state index in [1.807, 2.05) is 66.7 Å². The lowest BCUT2D eigenvalue weighted by Gasteiger charge is -2.10. The van der Waals surface area contributed by atoms with Crippen LogP contribution in [0.3, 0.4) is 0 Å². The summed E-state index contributed by atoms with van der Waals surface area (Å²) in [5, 5.41) is 2.86. The molecule has 1 N–H and O–H groups in total. The van der Waals surface area contributed by atoms with Crippen molar-refractivity contribution >= 4 is 11.6 Å². The van der Waals surface area contributed by atoms with Gasteiger partial charge in [-0.1, -0.05) is 60.7 Å². The molecule has 4 aromatic rings. The number of benzene rings is 3. The molecule has 0 spiro atoms. The number of carbonyl (C=O) groups is 1. The Morgan fingerprint density at radius 3 is 2.36 bits per heavy atom. The minimum Gasteiger partial charge on any atom is -0.483 e. The lowest BCUT2D eigenvalue weighted by Crippen LogP contribution is -2.13. The van der Waals surface area contributed by atoms with Gasteiger partial charge in [-0.05, 0) is 24.3 Å². The summed E-state index contributed by atoms with van der Waals surface area (Å²) in [6, 6.07) is 26.1. The zero-order valence-corrected chi connectivity index (χ0v) is 15.0. The number of aromatic nitrogens is 1. The standard InChI is InChI=1S/C23H18N2O3/c26-23(25-18-11-5-2-6-12-18)19-13-7-8-14-20(19)27-16-22-24-15-21(28-22)17-9-3-1-4-10-17/h1-15H,16H2,(H,25,26). The first-order valence-electron chi connectivity index (χ1n) is 8.88. The molecular weight excluding hydrogens is 352 g/mol. The summed E-state index contributed by atoms with van der Waals surface area (Å²) >= 11 is 0. The van der Waals surface area contributed by atoms with Crippen LogP contribution in [0.4, 0.5) is 5.69 Å². The number of nitrogens with one attached hydrogen (secondary N) is 1. The zero-order chi connectivity index (χ0) is 19.2. The minimum atomic E-state index is -0.237. The summed E-state index contributed by atoms with van der Waals surface area (Å²) in [5.74, 6) is 1.35. The van der Waals surface area contributed by atoms with Crippen molar-refractivity contribution < 1.29 is 13.9 Å². The molecule has 0 saturated carbocycles. The number of hydrogen-bond donors (Lipinski definition) is 1. The lowest BCUT2D eigenvalue weighted by molar-refractivity contribution is 0.102. The van der Waals surface area contributed by atoms with Crippen LogP contribution in [0.5, 0.6) is 5.75 Å². The Kier molecular flexibility index (Phi) is 5.15. The topological polar surface area (TPSA) is 64.4 Å². The summed E-state index contributed by atoms with van der Waals surface area (Å²) < 4.78 is 11.6. The Bertz CT molecular complexity index is 1060. The van der Waals surface area contributed by atoms with Gasteiger partial charge in [-0.3, -0.25) is 4.79 Å². The molecule has 5 nitrogen and oxygen atoms in total. The number of oxazole rings is 1. The number of nitrogens with zero attached hydrogens (tertiary/aromatic N) is 1. The quantitative estimate of drug-likeness (QED) is 0.508. The third-order valence-corrected chi connectivity index (χ3v) is 4.13. The van der Waals surface area contributed by atoms with Gasteiger partial charge in [-0.2, -0.15) is 0 Å². The van der Waals surface area contributed by atoms with Crippen molar-refractivity contribution in [1.82, 2.24) is 4.98 Å². The summed E-state index contributed by atoms with van der Waals surface area (Å²) in [6.07, 6.45) is 1.67. The van der Waals surface area contributed by atoms with Gasteiger partial charge >= 0.3 is 0 Å². The predicted octanol–water partition coefficient (Wildman–Crippen LogP) is 5.17. The number of carbonyl (C=O) groups excluding carboxylic acids is 1. The Hall–Kier alpha value is -3.86. The Balaban J connectivity index is 1.46. The fraction of sp³-hybridized carbons (Fsp3) is 0.0435. The molecule has 138 valence electrons. The highest BCUT2D eigenvalue weighted by Crippen LogP contribution is 2.23. The molecule has 0 radical (unpaired) electrons. The van der Waals surface area contributed by atoms with E-state index >= 15 is 0 Å². The van der Waals surface area contributed by atoms with Crippen molar-refractivity contribution in [2.75, 3.05) is 5.32 Å². The average molecular weight is 370 g/mol. The van der Waals surface area contributed by atoms with Crippen LogP contribution in [0.1, 0.15) is 16.2 Å². The van der Waals surface area contributed by atoms with Gasteiger partial charge < -0.3 is 14.5 Å². The van der Waals surface area contributed by atoms with Gasteiger partial charge in [0.05, 0.1) is 11.8 Å². The van der Waals surface area contributed by atoms with Crippen molar-refractivity contribution in [3.8, 4) is 17.1 Å².